The minimum atomic E-state index is -1.21. The number of hydrogen-bond donors (Lipinski definition) is 4. The van der Waals surface area contributed by atoms with Crippen LogP contribution < -0.4 is 30.3 Å². The van der Waals surface area contributed by atoms with Crippen molar-refractivity contribution in [2.24, 2.45) is 5.10 Å². The summed E-state index contributed by atoms with van der Waals surface area (Å²) < 4.78 is 35.5. The highest BCUT2D eigenvalue weighted by atomic mass is 35.5. The first-order valence-corrected chi connectivity index (χ1v) is 14.4. The Bertz CT molecular complexity index is 1600. The molecule has 2 amide bonds. The summed E-state index contributed by atoms with van der Waals surface area (Å²) in [5, 5.41) is 20.2. The second-order valence-electron chi connectivity index (χ2n) is 9.65. The zero-order valence-corrected chi connectivity index (χ0v) is 26.0. The van der Waals surface area contributed by atoms with Gasteiger partial charge in [-0.3, -0.25) is 5.43 Å². The Morgan fingerprint density at radius 2 is 1.87 bits per heavy atom. The van der Waals surface area contributed by atoms with Crippen LogP contribution >= 0.6 is 23.2 Å². The minimum absolute atomic E-state index is 0.0754. The van der Waals surface area contributed by atoms with Crippen LogP contribution in [0.4, 0.5) is 9.18 Å². The third kappa shape index (κ3) is 8.78. The number of methoxy groups -OCH3 is 1. The number of carbonyl (C=O) groups is 2. The Balaban J connectivity index is 1.37. The van der Waals surface area contributed by atoms with E-state index in [4.69, 9.17) is 42.1 Å². The molecule has 1 aliphatic heterocycles. The second kappa shape index (κ2) is 15.5. The summed E-state index contributed by atoms with van der Waals surface area (Å²) in [6.07, 6.45) is 0.190. The number of allylic oxidation sites excluding steroid dienone is 1. The molecule has 0 unspecified atom stereocenters. The van der Waals surface area contributed by atoms with Crippen LogP contribution in [-0.4, -0.2) is 49.9 Å². The van der Waals surface area contributed by atoms with Crippen LogP contribution in [0.15, 0.2) is 71.0 Å². The normalized spacial score (nSPS) is 15.3. The van der Waals surface area contributed by atoms with Crippen LogP contribution in [0.5, 0.6) is 17.2 Å². The highest BCUT2D eigenvalue weighted by Crippen LogP contribution is 2.36. The Morgan fingerprint density at radius 1 is 1.11 bits per heavy atom. The molecule has 3 aromatic rings. The molecule has 1 aliphatic rings. The molecule has 4 N–H and O–H groups in total. The molecule has 4 rings (SSSR count). The summed E-state index contributed by atoms with van der Waals surface area (Å²) in [5.74, 6) is -0.0669. The van der Waals surface area contributed by atoms with Crippen LogP contribution in [-0.2, 0) is 16.1 Å². The van der Waals surface area contributed by atoms with Gasteiger partial charge in [-0.25, -0.2) is 14.0 Å². The number of nitrogens with one attached hydrogen (secondary N) is 3. The molecule has 0 saturated heterocycles. The number of halogens is 3. The van der Waals surface area contributed by atoms with Gasteiger partial charge in [-0.05, 0) is 66.9 Å². The summed E-state index contributed by atoms with van der Waals surface area (Å²) in [7, 11) is 1.26. The number of aliphatic hydroxyl groups is 1. The number of ether oxygens (including phenoxy) is 4. The number of aliphatic hydroxyl groups excluding tert-OH is 1. The molecule has 45 heavy (non-hydrogen) atoms. The molecule has 0 fully saturated rings. The first-order chi connectivity index (χ1) is 21.6. The van der Waals surface area contributed by atoms with Gasteiger partial charge in [-0.1, -0.05) is 41.4 Å². The molecule has 238 valence electrons. The van der Waals surface area contributed by atoms with Gasteiger partial charge in [0, 0.05) is 5.70 Å². The number of esters is 1. The Hall–Kier alpha value is -4.52. The predicted molar refractivity (Wildman–Crippen MR) is 166 cm³/mol. The third-order valence-electron chi connectivity index (χ3n) is 6.40. The zero-order valence-electron chi connectivity index (χ0n) is 24.5. The van der Waals surface area contributed by atoms with Gasteiger partial charge >= 0.3 is 12.0 Å². The van der Waals surface area contributed by atoms with Crippen LogP contribution in [0, 0.1) is 5.82 Å². The van der Waals surface area contributed by atoms with Gasteiger partial charge < -0.3 is 34.7 Å². The molecule has 0 spiro atoms. The molecule has 3 aromatic carbocycles. The first kappa shape index (κ1) is 33.4. The van der Waals surface area contributed by atoms with Crippen LogP contribution in [0.3, 0.4) is 0 Å². The highest BCUT2D eigenvalue weighted by molar-refractivity contribution is 6.37. The summed E-state index contributed by atoms with van der Waals surface area (Å²) in [4.78, 5) is 24.6. The maximum Gasteiger partial charge on any atom is 0.337 e. The molecule has 0 radical (unpaired) electrons. The van der Waals surface area contributed by atoms with E-state index in [0.717, 1.165) is 0 Å². The monoisotopic (exact) mass is 660 g/mol. The van der Waals surface area contributed by atoms with Crippen molar-refractivity contribution in [1.29, 1.82) is 0 Å². The van der Waals surface area contributed by atoms with Gasteiger partial charge in [-0.2, -0.15) is 5.10 Å². The van der Waals surface area contributed by atoms with Crippen molar-refractivity contribution in [3.05, 3.63) is 98.4 Å². The van der Waals surface area contributed by atoms with Gasteiger partial charge in [0.2, 0.25) is 0 Å². The molecule has 0 aliphatic carbocycles. The summed E-state index contributed by atoms with van der Waals surface area (Å²) >= 11 is 12.7. The number of urea groups is 1. The molecule has 0 saturated carbocycles. The van der Waals surface area contributed by atoms with E-state index in [1.807, 2.05) is 0 Å². The van der Waals surface area contributed by atoms with Crippen molar-refractivity contribution in [1.82, 2.24) is 16.1 Å². The van der Waals surface area contributed by atoms with Crippen molar-refractivity contribution in [3.63, 3.8) is 0 Å². The van der Waals surface area contributed by atoms with Crippen LogP contribution in [0.25, 0.3) is 0 Å². The standard InChI is InChI=1S/C31H31Cl2FN4O7/c1-4-43-25-13-20(28-27(30(40)42-3)17(2)36-31(41)37-28)8-9-24(25)44-16-26(39)38-35-14-19-11-22(32)29(23(33)12-19)45-15-18-6-5-7-21(34)10-18/h5-14,26,28,38-39H,4,15-16H2,1-3H3,(H2,36,37,41)/b35-14-/t26-,28-/m1/s1. The molecule has 2 atom stereocenters. The fraction of sp³-hybridized carbons (Fsp3) is 0.258. The van der Waals surface area contributed by atoms with E-state index >= 15 is 0 Å². The maximum atomic E-state index is 13.4. The zero-order chi connectivity index (χ0) is 32.5. The topological polar surface area (TPSA) is 140 Å². The van der Waals surface area contributed by atoms with E-state index in [-0.39, 0.29) is 40.4 Å². The van der Waals surface area contributed by atoms with Gasteiger partial charge in [0.05, 0.1) is 41.6 Å². The number of nitrogens with zero attached hydrogens (tertiary/aromatic N) is 1. The lowest BCUT2D eigenvalue weighted by atomic mass is 9.95. The minimum Gasteiger partial charge on any atom is -0.490 e. The molecule has 14 heteroatoms. The second-order valence-corrected chi connectivity index (χ2v) is 10.5. The lowest BCUT2D eigenvalue weighted by molar-refractivity contribution is -0.136. The quantitative estimate of drug-likeness (QED) is 0.0846. The molecule has 0 aromatic heterocycles. The number of hydrogen-bond acceptors (Lipinski definition) is 9. The first-order valence-electron chi connectivity index (χ1n) is 13.7. The Labute approximate surface area is 268 Å². The van der Waals surface area contributed by atoms with Crippen molar-refractivity contribution in [2.75, 3.05) is 20.3 Å². The van der Waals surface area contributed by atoms with E-state index in [2.05, 4.69) is 21.2 Å². The largest absolute Gasteiger partial charge is 0.490 e. The van der Waals surface area contributed by atoms with E-state index in [1.54, 1.807) is 56.3 Å². The predicted octanol–water partition coefficient (Wildman–Crippen LogP) is 5.23. The summed E-state index contributed by atoms with van der Waals surface area (Å²) in [5.41, 5.74) is 4.88. The van der Waals surface area contributed by atoms with Crippen LogP contribution in [0.1, 0.15) is 36.6 Å². The van der Waals surface area contributed by atoms with Crippen molar-refractivity contribution < 1.29 is 38.0 Å². The number of rotatable bonds is 13. The lowest BCUT2D eigenvalue weighted by Crippen LogP contribution is -2.45. The van der Waals surface area contributed by atoms with E-state index < -0.39 is 24.3 Å². The molecular formula is C31H31Cl2FN4O7. The molecule has 1 heterocycles. The Kier molecular flexibility index (Phi) is 11.5. The van der Waals surface area contributed by atoms with Gasteiger partial charge in [0.25, 0.3) is 0 Å². The number of carbonyl (C=O) groups excluding carboxylic acids is 2. The average molecular weight is 662 g/mol. The highest BCUT2D eigenvalue weighted by Gasteiger charge is 2.32. The third-order valence-corrected chi connectivity index (χ3v) is 6.96. The SMILES string of the molecule is CCOc1cc([C@H]2NC(=O)NC(C)=C2C(=O)OC)ccc1OC[C@@H](O)N/N=C\c1cc(Cl)c(OCc2cccc(F)c2)c(Cl)c1. The van der Waals surface area contributed by atoms with Gasteiger partial charge in [-0.15, -0.1) is 0 Å². The van der Waals surface area contributed by atoms with E-state index in [1.165, 1.54) is 25.5 Å². The maximum absolute atomic E-state index is 13.4. The smallest absolute Gasteiger partial charge is 0.337 e. The molecular weight excluding hydrogens is 630 g/mol. The van der Waals surface area contributed by atoms with Gasteiger partial charge in [0.1, 0.15) is 19.0 Å². The van der Waals surface area contributed by atoms with Gasteiger partial charge in [0.15, 0.2) is 23.5 Å². The van der Waals surface area contributed by atoms with Crippen LogP contribution in [0.2, 0.25) is 10.0 Å². The lowest BCUT2D eigenvalue weighted by Gasteiger charge is -2.28. The fourth-order valence-electron chi connectivity index (χ4n) is 4.39. The fourth-order valence-corrected chi connectivity index (χ4v) is 5.01. The van der Waals surface area contributed by atoms with Crippen molar-refractivity contribution in [3.8, 4) is 17.2 Å². The molecule has 11 nitrogen and oxygen atoms in total. The van der Waals surface area contributed by atoms with Crippen molar-refractivity contribution in [2.45, 2.75) is 32.7 Å². The number of hydrazone groups is 1. The van der Waals surface area contributed by atoms with Crippen molar-refractivity contribution >= 4 is 41.4 Å². The number of amides is 2. The number of benzene rings is 3. The molecule has 0 bridgehead atoms. The average Bonchev–Trinajstić information content (AvgIpc) is 2.99. The van der Waals surface area contributed by atoms with E-state index in [9.17, 15) is 19.1 Å². The Morgan fingerprint density at radius 3 is 2.56 bits per heavy atom. The van der Waals surface area contributed by atoms with E-state index in [0.29, 0.717) is 40.5 Å². The summed E-state index contributed by atoms with van der Waals surface area (Å²) in [6, 6.07) is 12.8. The summed E-state index contributed by atoms with van der Waals surface area (Å²) in [6.45, 7) is 3.58.